The smallest absolute Gasteiger partial charge is 0.264 e. The van der Waals surface area contributed by atoms with Gasteiger partial charge in [0.1, 0.15) is 5.75 Å². The second-order valence-electron chi connectivity index (χ2n) is 6.57. The second kappa shape index (κ2) is 7.60. The van der Waals surface area contributed by atoms with Crippen molar-refractivity contribution in [2.24, 2.45) is 0 Å². The minimum absolute atomic E-state index is 0.0246. The number of nitrogens with one attached hydrogen (secondary N) is 1. The van der Waals surface area contributed by atoms with Crippen LogP contribution in [-0.4, -0.2) is 37.2 Å². The zero-order chi connectivity index (χ0) is 21.3. The van der Waals surface area contributed by atoms with Gasteiger partial charge < -0.3 is 4.74 Å². The molecule has 2 heterocycles. The molecule has 0 atom stereocenters. The number of sulfonamides is 1. The van der Waals surface area contributed by atoms with Gasteiger partial charge in [-0.3, -0.25) is 24.2 Å². The third-order valence-electron chi connectivity index (χ3n) is 4.66. The van der Waals surface area contributed by atoms with Crippen molar-refractivity contribution in [1.29, 1.82) is 0 Å². The molecule has 0 saturated heterocycles. The van der Waals surface area contributed by atoms with E-state index in [0.717, 1.165) is 4.90 Å². The van der Waals surface area contributed by atoms with Gasteiger partial charge in [-0.1, -0.05) is 18.2 Å². The maximum atomic E-state index is 13.0. The van der Waals surface area contributed by atoms with Crippen LogP contribution < -0.4 is 9.46 Å². The lowest BCUT2D eigenvalue weighted by Crippen LogP contribution is -2.29. The van der Waals surface area contributed by atoms with Crippen LogP contribution in [0.5, 0.6) is 5.75 Å². The monoisotopic (exact) mass is 423 g/mol. The molecule has 0 fully saturated rings. The molecule has 1 aliphatic heterocycles. The number of hydrogen-bond donors (Lipinski definition) is 1. The quantitative estimate of drug-likeness (QED) is 0.611. The average molecular weight is 423 g/mol. The lowest BCUT2D eigenvalue weighted by molar-refractivity contribution is 0.0642. The van der Waals surface area contributed by atoms with Crippen LogP contribution >= 0.6 is 0 Å². The van der Waals surface area contributed by atoms with Crippen LogP contribution in [0.15, 0.2) is 71.9 Å². The summed E-state index contributed by atoms with van der Waals surface area (Å²) in [5, 5.41) is 0. The third-order valence-corrected chi connectivity index (χ3v) is 6.02. The molecule has 3 aromatic rings. The number of aromatic nitrogens is 1. The Kier molecular flexibility index (Phi) is 4.96. The molecular formula is C21H17N3O5S. The van der Waals surface area contributed by atoms with Gasteiger partial charge in [0.2, 0.25) is 0 Å². The molecule has 30 heavy (non-hydrogen) atoms. The fourth-order valence-corrected chi connectivity index (χ4v) is 4.31. The molecule has 0 bridgehead atoms. The number of methoxy groups -OCH3 is 1. The van der Waals surface area contributed by atoms with Crippen molar-refractivity contribution < 1.29 is 22.7 Å². The van der Waals surface area contributed by atoms with Gasteiger partial charge in [-0.25, -0.2) is 8.42 Å². The van der Waals surface area contributed by atoms with Crippen molar-refractivity contribution >= 4 is 27.5 Å². The number of benzene rings is 2. The lowest BCUT2D eigenvalue weighted by atomic mass is 10.1. The number of hydrogen-bond acceptors (Lipinski definition) is 6. The molecule has 0 radical (unpaired) electrons. The van der Waals surface area contributed by atoms with Gasteiger partial charge in [0, 0.05) is 18.5 Å². The van der Waals surface area contributed by atoms with Gasteiger partial charge in [-0.05, 0) is 35.9 Å². The van der Waals surface area contributed by atoms with Crippen molar-refractivity contribution in [3.63, 3.8) is 0 Å². The number of carbonyl (C=O) groups excluding carboxylic acids is 2. The summed E-state index contributed by atoms with van der Waals surface area (Å²) in [6, 6.07) is 13.9. The molecule has 8 nitrogen and oxygen atoms in total. The molecule has 2 amide bonds. The highest BCUT2D eigenvalue weighted by Gasteiger charge is 2.38. The standard InChI is InChI=1S/C21H17N3O5S/c1-29-15-6-2-7-16(11-15)30(27,28)23-18-9-3-8-17-19(18)21(26)24(20(17)25)13-14-5-4-10-22-12-14/h2-12,23H,13H2,1H3. The van der Waals surface area contributed by atoms with Crippen molar-refractivity contribution in [3.8, 4) is 5.75 Å². The highest BCUT2D eigenvalue weighted by Crippen LogP contribution is 2.32. The Labute approximate surface area is 173 Å². The van der Waals surface area contributed by atoms with Gasteiger partial charge in [0.05, 0.1) is 35.4 Å². The maximum absolute atomic E-state index is 13.0. The lowest BCUT2D eigenvalue weighted by Gasteiger charge is -2.14. The number of imide groups is 1. The molecule has 1 aromatic heterocycles. The molecule has 1 N–H and O–H groups in total. The Hall–Kier alpha value is -3.72. The zero-order valence-corrected chi connectivity index (χ0v) is 16.7. The van der Waals surface area contributed by atoms with Crippen LogP contribution in [0.2, 0.25) is 0 Å². The minimum atomic E-state index is -4.01. The van der Waals surface area contributed by atoms with Crippen LogP contribution in [0, 0.1) is 0 Å². The van der Waals surface area contributed by atoms with E-state index >= 15 is 0 Å². The molecule has 1 aliphatic rings. The van der Waals surface area contributed by atoms with Crippen LogP contribution in [0.1, 0.15) is 26.3 Å². The number of ether oxygens (including phenoxy) is 1. The predicted molar refractivity (Wildman–Crippen MR) is 109 cm³/mol. The Morgan fingerprint density at radius 3 is 2.57 bits per heavy atom. The predicted octanol–water partition coefficient (Wildman–Crippen LogP) is 2.69. The Bertz CT molecular complexity index is 1240. The van der Waals surface area contributed by atoms with E-state index in [0.29, 0.717) is 11.3 Å². The van der Waals surface area contributed by atoms with E-state index in [1.54, 1.807) is 36.7 Å². The van der Waals surface area contributed by atoms with Crippen LogP contribution in [-0.2, 0) is 16.6 Å². The van der Waals surface area contributed by atoms with E-state index in [2.05, 4.69) is 9.71 Å². The first-order valence-electron chi connectivity index (χ1n) is 8.95. The van der Waals surface area contributed by atoms with Gasteiger partial charge in [0.15, 0.2) is 0 Å². The van der Waals surface area contributed by atoms with E-state index in [1.807, 2.05) is 0 Å². The molecule has 0 saturated carbocycles. The van der Waals surface area contributed by atoms with Crippen LogP contribution in [0.3, 0.4) is 0 Å². The Balaban J connectivity index is 1.67. The molecular weight excluding hydrogens is 406 g/mol. The molecule has 0 unspecified atom stereocenters. The number of pyridine rings is 1. The van der Waals surface area contributed by atoms with Crippen molar-refractivity contribution in [2.75, 3.05) is 11.8 Å². The van der Waals surface area contributed by atoms with E-state index in [9.17, 15) is 18.0 Å². The zero-order valence-electron chi connectivity index (χ0n) is 15.9. The van der Waals surface area contributed by atoms with Gasteiger partial charge >= 0.3 is 0 Å². The largest absolute Gasteiger partial charge is 0.497 e. The first kappa shape index (κ1) is 19.6. The third kappa shape index (κ3) is 3.50. The van der Waals surface area contributed by atoms with Gasteiger partial charge in [0.25, 0.3) is 21.8 Å². The van der Waals surface area contributed by atoms with E-state index in [-0.39, 0.29) is 28.3 Å². The minimum Gasteiger partial charge on any atom is -0.497 e. The fourth-order valence-electron chi connectivity index (χ4n) is 3.21. The summed E-state index contributed by atoms with van der Waals surface area (Å²) in [6.07, 6.45) is 3.16. The Morgan fingerprint density at radius 2 is 1.83 bits per heavy atom. The summed E-state index contributed by atoms with van der Waals surface area (Å²) in [6.45, 7) is 0.0439. The fraction of sp³-hybridized carbons (Fsp3) is 0.0952. The average Bonchev–Trinajstić information content (AvgIpc) is 3.00. The van der Waals surface area contributed by atoms with E-state index < -0.39 is 21.8 Å². The first-order chi connectivity index (χ1) is 14.4. The summed E-state index contributed by atoms with van der Waals surface area (Å²) >= 11 is 0. The number of fused-ring (bicyclic) bond motifs is 1. The molecule has 152 valence electrons. The number of carbonyl (C=O) groups is 2. The topological polar surface area (TPSA) is 106 Å². The normalized spacial score (nSPS) is 13.3. The van der Waals surface area contributed by atoms with Crippen LogP contribution in [0.25, 0.3) is 0 Å². The van der Waals surface area contributed by atoms with Gasteiger partial charge in [-0.15, -0.1) is 0 Å². The summed E-state index contributed by atoms with van der Waals surface area (Å²) in [5.41, 5.74) is 0.903. The highest BCUT2D eigenvalue weighted by molar-refractivity contribution is 7.92. The Morgan fingerprint density at radius 1 is 1.03 bits per heavy atom. The molecule has 9 heteroatoms. The highest BCUT2D eigenvalue weighted by atomic mass is 32.2. The number of anilines is 1. The van der Waals surface area contributed by atoms with E-state index in [1.165, 1.54) is 37.4 Å². The maximum Gasteiger partial charge on any atom is 0.264 e. The van der Waals surface area contributed by atoms with Crippen molar-refractivity contribution in [2.45, 2.75) is 11.4 Å². The summed E-state index contributed by atoms with van der Waals surface area (Å²) in [4.78, 5) is 30.8. The van der Waals surface area contributed by atoms with Gasteiger partial charge in [-0.2, -0.15) is 0 Å². The number of amides is 2. The summed E-state index contributed by atoms with van der Waals surface area (Å²) in [7, 11) is -2.57. The molecule has 0 aliphatic carbocycles. The summed E-state index contributed by atoms with van der Waals surface area (Å²) < 4.78 is 33.2. The number of rotatable bonds is 6. The van der Waals surface area contributed by atoms with Crippen molar-refractivity contribution in [1.82, 2.24) is 9.88 Å². The van der Waals surface area contributed by atoms with Crippen LogP contribution in [0.4, 0.5) is 5.69 Å². The molecule has 2 aromatic carbocycles. The SMILES string of the molecule is COc1cccc(S(=O)(=O)Nc2cccc3c2C(=O)N(Cc2cccnc2)C3=O)c1. The van der Waals surface area contributed by atoms with E-state index in [4.69, 9.17) is 4.74 Å². The molecule has 4 rings (SSSR count). The van der Waals surface area contributed by atoms with Crippen molar-refractivity contribution in [3.05, 3.63) is 83.7 Å². The second-order valence-corrected chi connectivity index (χ2v) is 8.25. The first-order valence-corrected chi connectivity index (χ1v) is 10.4. The number of nitrogens with zero attached hydrogens (tertiary/aromatic N) is 2. The molecule has 0 spiro atoms. The summed E-state index contributed by atoms with van der Waals surface area (Å²) in [5.74, 6) is -0.672.